The highest BCUT2D eigenvalue weighted by molar-refractivity contribution is 5.19. The molecule has 1 heterocycles. The zero-order valence-electron chi connectivity index (χ0n) is 11.0. The van der Waals surface area contributed by atoms with Gasteiger partial charge in [-0.25, -0.2) is 0 Å². The summed E-state index contributed by atoms with van der Waals surface area (Å²) in [7, 11) is 0. The molecule has 1 rings (SSSR count). The van der Waals surface area contributed by atoms with Gasteiger partial charge in [-0.15, -0.1) is 0 Å². The Morgan fingerprint density at radius 1 is 1.20 bits per heavy atom. The number of rotatable bonds is 4. The summed E-state index contributed by atoms with van der Waals surface area (Å²) in [5.41, 5.74) is 2.13. The van der Waals surface area contributed by atoms with Gasteiger partial charge in [-0.1, -0.05) is 45.1 Å². The van der Waals surface area contributed by atoms with Crippen molar-refractivity contribution in [1.82, 2.24) is 0 Å². The number of hydrogen-bond acceptors (Lipinski definition) is 1. The normalized spacial score (nSPS) is 20.3. The van der Waals surface area contributed by atoms with Crippen LogP contribution in [0.4, 0.5) is 0 Å². The molecule has 0 bridgehead atoms. The highest BCUT2D eigenvalue weighted by atomic mass is 16.6. The largest absolute Gasteiger partial charge is 0.373 e. The Hall–Kier alpha value is -0.560. The van der Waals surface area contributed by atoms with Crippen LogP contribution in [0.3, 0.4) is 0 Å². The zero-order chi connectivity index (χ0) is 12.0. The van der Waals surface area contributed by atoms with Gasteiger partial charge >= 0.3 is 0 Å². The van der Waals surface area contributed by atoms with Gasteiger partial charge in [0.25, 0.3) is 0 Å². The molecule has 0 aromatic heterocycles. The van der Waals surface area contributed by atoms with Crippen LogP contribution in [0.5, 0.6) is 0 Å². The third-order valence-corrected chi connectivity index (χ3v) is 2.90. The standard InChI is InChI=1S/C8H16O.C6H10/c1-6(2)7(3)4-8-5-9-8;1-5(2)6(3)4/h6-8H,4-5H2,1-3H3;1,3H2,2,4H3. The molecule has 15 heavy (non-hydrogen) atoms. The lowest BCUT2D eigenvalue weighted by Gasteiger charge is -2.12. The molecule has 0 saturated carbocycles. The van der Waals surface area contributed by atoms with Crippen molar-refractivity contribution in [3.8, 4) is 0 Å². The van der Waals surface area contributed by atoms with Crippen molar-refractivity contribution in [3.63, 3.8) is 0 Å². The van der Waals surface area contributed by atoms with Gasteiger partial charge in [0.15, 0.2) is 0 Å². The van der Waals surface area contributed by atoms with Crippen molar-refractivity contribution in [2.45, 2.75) is 47.1 Å². The third kappa shape index (κ3) is 8.44. The van der Waals surface area contributed by atoms with Gasteiger partial charge in [-0.2, -0.15) is 0 Å². The Morgan fingerprint density at radius 3 is 1.80 bits per heavy atom. The van der Waals surface area contributed by atoms with Crippen molar-refractivity contribution in [1.29, 1.82) is 0 Å². The first kappa shape index (κ1) is 14.4. The molecule has 88 valence electrons. The molecule has 2 atom stereocenters. The maximum Gasteiger partial charge on any atom is 0.0812 e. The molecule has 1 heteroatoms. The number of allylic oxidation sites excluding steroid dienone is 2. The van der Waals surface area contributed by atoms with E-state index in [1.807, 2.05) is 13.8 Å². The maximum absolute atomic E-state index is 5.13. The summed E-state index contributed by atoms with van der Waals surface area (Å²) in [5.74, 6) is 1.65. The van der Waals surface area contributed by atoms with E-state index in [9.17, 15) is 0 Å². The van der Waals surface area contributed by atoms with E-state index in [-0.39, 0.29) is 0 Å². The van der Waals surface area contributed by atoms with Crippen LogP contribution in [0.1, 0.15) is 41.0 Å². The number of ether oxygens (including phenoxy) is 1. The Labute approximate surface area is 95.2 Å². The first-order valence-corrected chi connectivity index (χ1v) is 5.77. The zero-order valence-corrected chi connectivity index (χ0v) is 11.0. The van der Waals surface area contributed by atoms with E-state index in [4.69, 9.17) is 4.74 Å². The second kappa shape index (κ2) is 6.84. The van der Waals surface area contributed by atoms with E-state index in [1.54, 1.807) is 0 Å². The summed E-state index contributed by atoms with van der Waals surface area (Å²) >= 11 is 0. The second-order valence-electron chi connectivity index (χ2n) is 4.97. The Balaban J connectivity index is 0.000000288. The van der Waals surface area contributed by atoms with Gasteiger partial charge in [0.2, 0.25) is 0 Å². The quantitative estimate of drug-likeness (QED) is 0.500. The average Bonchev–Trinajstić information content (AvgIpc) is 2.88. The van der Waals surface area contributed by atoms with E-state index >= 15 is 0 Å². The van der Waals surface area contributed by atoms with E-state index in [1.165, 1.54) is 6.42 Å². The lowest BCUT2D eigenvalue weighted by Crippen LogP contribution is -2.06. The molecule has 1 aliphatic rings. The summed E-state index contributed by atoms with van der Waals surface area (Å²) in [4.78, 5) is 0. The Bertz CT molecular complexity index is 199. The van der Waals surface area contributed by atoms with Crippen LogP contribution in [0.25, 0.3) is 0 Å². The lowest BCUT2D eigenvalue weighted by molar-refractivity contribution is 0.319. The predicted molar refractivity (Wildman–Crippen MR) is 68.0 cm³/mol. The van der Waals surface area contributed by atoms with E-state index in [0.29, 0.717) is 6.10 Å². The maximum atomic E-state index is 5.13. The van der Waals surface area contributed by atoms with Crippen LogP contribution in [0, 0.1) is 11.8 Å². The summed E-state index contributed by atoms with van der Waals surface area (Å²) in [6, 6.07) is 0. The fraction of sp³-hybridized carbons (Fsp3) is 0.714. The van der Waals surface area contributed by atoms with Gasteiger partial charge in [0.05, 0.1) is 12.7 Å². The molecule has 2 unspecified atom stereocenters. The molecule has 1 fully saturated rings. The van der Waals surface area contributed by atoms with Crippen molar-refractivity contribution < 1.29 is 4.74 Å². The monoisotopic (exact) mass is 210 g/mol. The van der Waals surface area contributed by atoms with Crippen molar-refractivity contribution in [3.05, 3.63) is 24.3 Å². The minimum Gasteiger partial charge on any atom is -0.373 e. The highest BCUT2D eigenvalue weighted by Crippen LogP contribution is 2.23. The van der Waals surface area contributed by atoms with Gasteiger partial charge < -0.3 is 4.74 Å². The molecule has 0 aliphatic carbocycles. The predicted octanol–water partition coefficient (Wildman–Crippen LogP) is 4.21. The topological polar surface area (TPSA) is 12.5 Å². The fourth-order valence-corrected chi connectivity index (χ4v) is 0.891. The smallest absolute Gasteiger partial charge is 0.0812 e. The van der Waals surface area contributed by atoms with Crippen molar-refractivity contribution in [2.24, 2.45) is 11.8 Å². The molecular formula is C14H26O. The average molecular weight is 210 g/mol. The van der Waals surface area contributed by atoms with Crippen LogP contribution >= 0.6 is 0 Å². The minimum atomic E-state index is 0.613. The van der Waals surface area contributed by atoms with E-state index < -0.39 is 0 Å². The second-order valence-corrected chi connectivity index (χ2v) is 4.97. The van der Waals surface area contributed by atoms with Gasteiger partial charge in [0.1, 0.15) is 0 Å². The SMILES string of the molecule is C=C(C)C(=C)C.CC(C)C(C)CC1CO1. The van der Waals surface area contributed by atoms with Gasteiger partial charge in [0, 0.05) is 0 Å². The van der Waals surface area contributed by atoms with Gasteiger partial charge in [-0.3, -0.25) is 0 Å². The Kier molecular flexibility index (Phi) is 6.58. The van der Waals surface area contributed by atoms with Gasteiger partial charge in [-0.05, 0) is 32.1 Å². The molecule has 0 aromatic rings. The molecular weight excluding hydrogens is 184 g/mol. The molecule has 0 spiro atoms. The molecule has 1 aliphatic heterocycles. The minimum absolute atomic E-state index is 0.613. The fourth-order valence-electron chi connectivity index (χ4n) is 0.891. The molecule has 0 amide bonds. The van der Waals surface area contributed by atoms with Crippen molar-refractivity contribution in [2.75, 3.05) is 6.61 Å². The number of hydrogen-bond donors (Lipinski definition) is 0. The third-order valence-electron chi connectivity index (χ3n) is 2.90. The highest BCUT2D eigenvalue weighted by Gasteiger charge is 2.25. The summed E-state index contributed by atoms with van der Waals surface area (Å²) in [6.07, 6.45) is 1.87. The number of epoxide rings is 1. The van der Waals surface area contributed by atoms with Crippen molar-refractivity contribution >= 4 is 0 Å². The van der Waals surface area contributed by atoms with Crippen LogP contribution in [0.2, 0.25) is 0 Å². The van der Waals surface area contributed by atoms with E-state index in [0.717, 1.165) is 29.6 Å². The molecule has 0 N–H and O–H groups in total. The molecule has 1 saturated heterocycles. The van der Waals surface area contributed by atoms with Crippen LogP contribution in [-0.2, 0) is 4.74 Å². The molecule has 1 nitrogen and oxygen atoms in total. The van der Waals surface area contributed by atoms with Crippen LogP contribution in [0.15, 0.2) is 24.3 Å². The summed E-state index contributed by atoms with van der Waals surface area (Å²) in [6.45, 7) is 19.1. The first-order chi connectivity index (χ1) is 6.84. The molecule has 0 aromatic carbocycles. The molecule has 0 radical (unpaired) electrons. The Morgan fingerprint density at radius 2 is 1.60 bits per heavy atom. The first-order valence-electron chi connectivity index (χ1n) is 5.77. The lowest BCUT2D eigenvalue weighted by atomic mass is 9.93. The van der Waals surface area contributed by atoms with Crippen LogP contribution in [-0.4, -0.2) is 12.7 Å². The van der Waals surface area contributed by atoms with Crippen LogP contribution < -0.4 is 0 Å². The summed E-state index contributed by atoms with van der Waals surface area (Å²) in [5, 5.41) is 0. The summed E-state index contributed by atoms with van der Waals surface area (Å²) < 4.78 is 5.13. The van der Waals surface area contributed by atoms with E-state index in [2.05, 4.69) is 33.9 Å².